The fourth-order valence-corrected chi connectivity index (χ4v) is 3.08. The van der Waals surface area contributed by atoms with E-state index in [4.69, 9.17) is 4.55 Å². The van der Waals surface area contributed by atoms with E-state index in [1.165, 1.54) is 0 Å². The zero-order valence-corrected chi connectivity index (χ0v) is 19.4. The summed E-state index contributed by atoms with van der Waals surface area (Å²) in [5, 5.41) is 5.13. The SMILES string of the molecule is C=CC(O)OC(OCCCCC(F)(F)C(F)(F)S(=O)(=O)O)(C(=O)Nc1ccc(C(F)(F)F)cc1)C(F)(F)F. The number of carbonyl (C=O) groups is 1. The number of hydrogen-bond donors (Lipinski definition) is 3. The van der Waals surface area contributed by atoms with E-state index in [0.717, 1.165) is 0 Å². The minimum Gasteiger partial charge on any atom is -0.365 e. The lowest BCUT2D eigenvalue weighted by Crippen LogP contribution is -2.60. The van der Waals surface area contributed by atoms with Gasteiger partial charge in [-0.2, -0.15) is 52.3 Å². The fraction of sp³-hybridized carbons (Fsp3) is 0.526. The standard InChI is InChI=1S/C19H19F10NO7S/c1-2-13(31)37-16(18(25,26)27,14(32)30-12-7-5-11(6-8-12)17(22,23)24)36-10-4-3-9-15(20,21)19(28,29)38(33,34)35/h2,5-8,13,31H,1,3-4,9-10H2,(H,30,32)(H,33,34,35). The van der Waals surface area contributed by atoms with Gasteiger partial charge in [0.05, 0.1) is 12.2 Å². The molecule has 0 aromatic heterocycles. The number of aliphatic hydroxyl groups excluding tert-OH is 1. The highest BCUT2D eigenvalue weighted by Crippen LogP contribution is 2.42. The number of halogens is 10. The second-order valence-electron chi connectivity index (χ2n) is 7.39. The van der Waals surface area contributed by atoms with Crippen molar-refractivity contribution >= 4 is 21.7 Å². The van der Waals surface area contributed by atoms with Crippen LogP contribution in [0.4, 0.5) is 49.6 Å². The van der Waals surface area contributed by atoms with Crippen molar-refractivity contribution in [2.75, 3.05) is 11.9 Å². The Bertz CT molecular complexity index is 1070. The minimum atomic E-state index is -6.55. The number of amides is 1. The molecule has 0 bridgehead atoms. The lowest BCUT2D eigenvalue weighted by molar-refractivity contribution is -0.381. The molecule has 38 heavy (non-hydrogen) atoms. The molecule has 1 amide bonds. The highest BCUT2D eigenvalue weighted by Gasteiger charge is 2.66. The van der Waals surface area contributed by atoms with Crippen LogP contribution in [0.3, 0.4) is 0 Å². The number of nitrogens with one attached hydrogen (secondary N) is 1. The van der Waals surface area contributed by atoms with Crippen LogP contribution >= 0.6 is 0 Å². The van der Waals surface area contributed by atoms with Gasteiger partial charge in [0.25, 0.3) is 5.91 Å². The molecule has 0 saturated heterocycles. The average molecular weight is 595 g/mol. The molecule has 1 rings (SSSR count). The van der Waals surface area contributed by atoms with E-state index in [9.17, 15) is 62.2 Å². The first kappa shape index (κ1) is 33.5. The minimum absolute atomic E-state index is 0.368. The van der Waals surface area contributed by atoms with E-state index >= 15 is 0 Å². The second-order valence-corrected chi connectivity index (χ2v) is 8.85. The predicted octanol–water partition coefficient (Wildman–Crippen LogP) is 4.73. The van der Waals surface area contributed by atoms with E-state index in [2.05, 4.69) is 16.1 Å². The number of unbranched alkanes of at least 4 members (excludes halogenated alkanes) is 1. The largest absolute Gasteiger partial charge is 0.453 e. The molecule has 0 spiro atoms. The number of benzene rings is 1. The molecule has 0 saturated carbocycles. The van der Waals surface area contributed by atoms with Crippen molar-refractivity contribution in [1.82, 2.24) is 0 Å². The van der Waals surface area contributed by atoms with Crippen molar-refractivity contribution in [3.8, 4) is 0 Å². The number of alkyl halides is 10. The van der Waals surface area contributed by atoms with Gasteiger partial charge in [-0.15, -0.1) is 0 Å². The van der Waals surface area contributed by atoms with Gasteiger partial charge in [-0.05, 0) is 43.2 Å². The van der Waals surface area contributed by atoms with Crippen LogP contribution in [0.1, 0.15) is 24.8 Å². The number of ether oxygens (including phenoxy) is 2. The summed E-state index contributed by atoms with van der Waals surface area (Å²) in [4.78, 5) is 12.5. The molecule has 2 atom stereocenters. The van der Waals surface area contributed by atoms with Crippen molar-refractivity contribution in [3.05, 3.63) is 42.5 Å². The third kappa shape index (κ3) is 7.78. The fourth-order valence-electron chi connectivity index (χ4n) is 2.60. The van der Waals surface area contributed by atoms with Gasteiger partial charge in [0.15, 0.2) is 6.29 Å². The summed E-state index contributed by atoms with van der Waals surface area (Å²) >= 11 is 0. The summed E-state index contributed by atoms with van der Waals surface area (Å²) in [5.41, 5.74) is -1.84. The third-order valence-corrected chi connectivity index (χ3v) is 5.52. The topological polar surface area (TPSA) is 122 Å². The molecule has 0 heterocycles. The van der Waals surface area contributed by atoms with Crippen LogP contribution in [-0.2, 0) is 30.6 Å². The van der Waals surface area contributed by atoms with Crippen LogP contribution < -0.4 is 5.32 Å². The van der Waals surface area contributed by atoms with Gasteiger partial charge < -0.3 is 19.9 Å². The van der Waals surface area contributed by atoms with Gasteiger partial charge in [-0.1, -0.05) is 6.58 Å². The normalized spacial score (nSPS) is 16.0. The number of carbonyl (C=O) groups excluding carboxylic acids is 1. The molecule has 218 valence electrons. The van der Waals surface area contributed by atoms with E-state index in [1.54, 1.807) is 5.32 Å². The number of anilines is 1. The summed E-state index contributed by atoms with van der Waals surface area (Å²) in [7, 11) is -6.55. The Balaban J connectivity index is 3.12. The van der Waals surface area contributed by atoms with Crippen molar-refractivity contribution in [2.24, 2.45) is 0 Å². The lowest BCUT2D eigenvalue weighted by Gasteiger charge is -2.34. The molecule has 0 aliphatic rings. The Morgan fingerprint density at radius 1 is 1.00 bits per heavy atom. The van der Waals surface area contributed by atoms with E-state index in [0.29, 0.717) is 30.3 Å². The van der Waals surface area contributed by atoms with E-state index < -0.39 is 88.8 Å². The number of hydrogen-bond acceptors (Lipinski definition) is 6. The summed E-state index contributed by atoms with van der Waals surface area (Å²) in [6.07, 6.45) is -16.9. The first-order valence-corrected chi connectivity index (χ1v) is 11.4. The Morgan fingerprint density at radius 3 is 1.95 bits per heavy atom. The Labute approximate surface area is 208 Å². The van der Waals surface area contributed by atoms with Gasteiger partial charge in [0, 0.05) is 12.1 Å². The quantitative estimate of drug-likeness (QED) is 0.0992. The zero-order chi connectivity index (χ0) is 29.8. The summed E-state index contributed by atoms with van der Waals surface area (Å²) in [6, 6.07) is 1.97. The van der Waals surface area contributed by atoms with Gasteiger partial charge in [-0.3, -0.25) is 9.35 Å². The van der Waals surface area contributed by atoms with E-state index in [-0.39, 0.29) is 0 Å². The molecule has 0 radical (unpaired) electrons. The summed E-state index contributed by atoms with van der Waals surface area (Å²) < 4.78 is 171. The van der Waals surface area contributed by atoms with Crippen molar-refractivity contribution in [1.29, 1.82) is 0 Å². The molecular formula is C19H19F10NO7S. The molecule has 0 fully saturated rings. The molecule has 8 nitrogen and oxygen atoms in total. The predicted molar refractivity (Wildman–Crippen MR) is 107 cm³/mol. The van der Waals surface area contributed by atoms with Gasteiger partial charge in [0.2, 0.25) is 0 Å². The van der Waals surface area contributed by atoms with Crippen LogP contribution in [0.15, 0.2) is 36.9 Å². The van der Waals surface area contributed by atoms with Gasteiger partial charge in [0.1, 0.15) is 0 Å². The molecular weight excluding hydrogens is 576 g/mol. The molecule has 3 N–H and O–H groups in total. The van der Waals surface area contributed by atoms with Crippen molar-refractivity contribution in [3.63, 3.8) is 0 Å². The summed E-state index contributed by atoms with van der Waals surface area (Å²) in [5.74, 6) is -12.0. The average Bonchev–Trinajstić information content (AvgIpc) is 2.75. The van der Waals surface area contributed by atoms with Crippen LogP contribution in [0.5, 0.6) is 0 Å². The van der Waals surface area contributed by atoms with Crippen LogP contribution in [0, 0.1) is 0 Å². The molecule has 0 aliphatic carbocycles. The molecule has 1 aromatic carbocycles. The van der Waals surface area contributed by atoms with Crippen molar-refractivity contribution in [2.45, 2.75) is 54.9 Å². The number of aliphatic hydroxyl groups is 1. The highest BCUT2D eigenvalue weighted by atomic mass is 32.2. The Morgan fingerprint density at radius 2 is 1.53 bits per heavy atom. The van der Waals surface area contributed by atoms with Gasteiger partial charge >= 0.3 is 39.4 Å². The van der Waals surface area contributed by atoms with Crippen LogP contribution in [0.25, 0.3) is 0 Å². The lowest BCUT2D eigenvalue weighted by atomic mass is 10.1. The smallest absolute Gasteiger partial charge is 0.365 e. The first-order chi connectivity index (χ1) is 17.0. The maximum atomic E-state index is 13.9. The van der Waals surface area contributed by atoms with E-state index in [1.807, 2.05) is 0 Å². The molecule has 2 unspecified atom stereocenters. The second kappa shape index (κ2) is 11.7. The first-order valence-electron chi connectivity index (χ1n) is 9.92. The highest BCUT2D eigenvalue weighted by molar-refractivity contribution is 7.87. The molecule has 0 aliphatic heterocycles. The van der Waals surface area contributed by atoms with Gasteiger partial charge in [-0.25, -0.2) is 0 Å². The maximum absolute atomic E-state index is 13.9. The number of rotatable bonds is 13. The Kier molecular flexibility index (Phi) is 10.3. The zero-order valence-electron chi connectivity index (χ0n) is 18.6. The Hall–Kier alpha value is -2.48. The third-order valence-electron chi connectivity index (χ3n) is 4.57. The monoisotopic (exact) mass is 595 g/mol. The van der Waals surface area contributed by atoms with Crippen molar-refractivity contribution < 1.29 is 76.2 Å². The van der Waals surface area contributed by atoms with Crippen LogP contribution in [0.2, 0.25) is 0 Å². The molecule has 19 heteroatoms. The molecule has 1 aromatic rings. The summed E-state index contributed by atoms with van der Waals surface area (Å²) in [6.45, 7) is 1.59. The van der Waals surface area contributed by atoms with Crippen LogP contribution in [-0.4, -0.2) is 60.0 Å². The maximum Gasteiger partial charge on any atom is 0.453 e.